The maximum atomic E-state index is 13.5. The van der Waals surface area contributed by atoms with Crippen LogP contribution in [0.5, 0.6) is 0 Å². The molecule has 2 heterocycles. The molecule has 0 unspecified atom stereocenters. The van der Waals surface area contributed by atoms with Gasteiger partial charge >= 0.3 is 6.03 Å². The van der Waals surface area contributed by atoms with Gasteiger partial charge in [0.25, 0.3) is 5.91 Å². The number of urea groups is 1. The predicted octanol–water partition coefficient (Wildman–Crippen LogP) is 1.12. The first kappa shape index (κ1) is 19.2. The van der Waals surface area contributed by atoms with Crippen molar-refractivity contribution >= 4 is 11.9 Å². The van der Waals surface area contributed by atoms with E-state index in [0.717, 1.165) is 24.9 Å². The second-order valence-electron chi connectivity index (χ2n) is 8.40. The number of ether oxygens (including phenoxy) is 1. The third-order valence-electron chi connectivity index (χ3n) is 5.97. The Hall–Kier alpha value is -2.12. The summed E-state index contributed by atoms with van der Waals surface area (Å²) in [5, 5.41) is 3.05. The number of likely N-dealkylation sites (N-methyl/N-ethyl adjacent to an activating group) is 1. The molecule has 1 aromatic rings. The molecule has 0 aromatic heterocycles. The number of amides is 3. The van der Waals surface area contributed by atoms with Crippen molar-refractivity contribution in [1.29, 1.82) is 0 Å². The lowest BCUT2D eigenvalue weighted by molar-refractivity contribution is -0.159. The number of rotatable bonds is 5. The van der Waals surface area contributed by atoms with Crippen LogP contribution in [0.2, 0.25) is 0 Å². The van der Waals surface area contributed by atoms with Crippen LogP contribution in [0.1, 0.15) is 24.3 Å². The van der Waals surface area contributed by atoms with E-state index in [1.165, 1.54) is 0 Å². The lowest BCUT2D eigenvalue weighted by Gasteiger charge is -2.42. The molecule has 7 nitrogen and oxygen atoms in total. The molecule has 1 N–H and O–H groups in total. The summed E-state index contributed by atoms with van der Waals surface area (Å²) in [6, 6.07) is 10.3. The molecule has 2 atom stereocenters. The van der Waals surface area contributed by atoms with Gasteiger partial charge in [-0.2, -0.15) is 0 Å². The number of likely N-dealkylation sites (tertiary alicyclic amines) is 1. The minimum Gasteiger partial charge on any atom is -0.361 e. The van der Waals surface area contributed by atoms with Gasteiger partial charge < -0.3 is 24.8 Å². The van der Waals surface area contributed by atoms with E-state index in [1.807, 2.05) is 37.2 Å². The van der Waals surface area contributed by atoms with Crippen LogP contribution in [-0.2, 0) is 9.53 Å². The summed E-state index contributed by atoms with van der Waals surface area (Å²) in [5.41, 5.74) is 0.0972. The van der Waals surface area contributed by atoms with E-state index in [1.54, 1.807) is 4.90 Å². The topological polar surface area (TPSA) is 65.1 Å². The van der Waals surface area contributed by atoms with Crippen LogP contribution >= 0.6 is 0 Å². The lowest BCUT2D eigenvalue weighted by Crippen LogP contribution is -2.61. The van der Waals surface area contributed by atoms with E-state index < -0.39 is 5.60 Å². The Kier molecular flexibility index (Phi) is 5.29. The van der Waals surface area contributed by atoms with E-state index in [4.69, 9.17) is 4.74 Å². The second kappa shape index (κ2) is 7.72. The van der Waals surface area contributed by atoms with Crippen molar-refractivity contribution in [1.82, 2.24) is 20.0 Å². The van der Waals surface area contributed by atoms with Crippen molar-refractivity contribution in [2.45, 2.75) is 30.4 Å². The minimum atomic E-state index is -0.993. The number of hydrogen-bond acceptors (Lipinski definition) is 4. The van der Waals surface area contributed by atoms with E-state index in [0.29, 0.717) is 38.8 Å². The number of carbonyl (C=O) groups excluding carboxylic acids is 2. The molecular weight excluding hydrogens is 356 g/mol. The van der Waals surface area contributed by atoms with Crippen LogP contribution in [0.3, 0.4) is 0 Å². The van der Waals surface area contributed by atoms with Crippen molar-refractivity contribution in [2.24, 2.45) is 0 Å². The van der Waals surface area contributed by atoms with E-state index in [9.17, 15) is 9.59 Å². The van der Waals surface area contributed by atoms with Gasteiger partial charge in [-0.1, -0.05) is 30.3 Å². The summed E-state index contributed by atoms with van der Waals surface area (Å²) in [6.45, 7) is 3.29. The zero-order valence-corrected chi connectivity index (χ0v) is 16.8. The third kappa shape index (κ3) is 3.73. The van der Waals surface area contributed by atoms with E-state index >= 15 is 0 Å². The number of benzene rings is 1. The van der Waals surface area contributed by atoms with Crippen molar-refractivity contribution in [3.05, 3.63) is 35.9 Å². The molecule has 3 amide bonds. The molecule has 1 saturated carbocycles. The number of carbonyl (C=O) groups is 2. The smallest absolute Gasteiger partial charge is 0.317 e. The van der Waals surface area contributed by atoms with Crippen LogP contribution in [0.25, 0.3) is 0 Å². The van der Waals surface area contributed by atoms with Crippen LogP contribution in [-0.4, -0.2) is 91.7 Å². The first-order valence-electron chi connectivity index (χ1n) is 10.2. The zero-order valence-electron chi connectivity index (χ0n) is 16.8. The molecule has 3 fully saturated rings. The first-order chi connectivity index (χ1) is 13.5. The number of hydrogen-bond donors (Lipinski definition) is 1. The van der Waals surface area contributed by atoms with Crippen molar-refractivity contribution in [3.8, 4) is 0 Å². The highest BCUT2D eigenvalue weighted by atomic mass is 16.5. The standard InChI is InChI=1S/C21H30N4O3/c1-23(2)10-11-24-14-18(16-6-4-3-5-7-16)21(19(24)26)15-25(12-13-28-21)20(27)22-17-8-9-17/h3-7,17-18H,8-15H2,1-2H3,(H,22,27)/t18-,21-/m1/s1. The van der Waals surface area contributed by atoms with Crippen molar-refractivity contribution in [3.63, 3.8) is 0 Å². The molecule has 7 heteroatoms. The second-order valence-corrected chi connectivity index (χ2v) is 8.40. The molecule has 1 spiro atoms. The average molecular weight is 386 g/mol. The fourth-order valence-corrected chi connectivity index (χ4v) is 4.19. The Morgan fingerprint density at radius 1 is 1.29 bits per heavy atom. The highest BCUT2D eigenvalue weighted by molar-refractivity contribution is 5.90. The van der Waals surface area contributed by atoms with Crippen LogP contribution in [0, 0.1) is 0 Å². The summed E-state index contributed by atoms with van der Waals surface area (Å²) < 4.78 is 6.22. The van der Waals surface area contributed by atoms with Gasteiger partial charge in [0.2, 0.25) is 0 Å². The largest absolute Gasteiger partial charge is 0.361 e. The highest BCUT2D eigenvalue weighted by Gasteiger charge is 2.58. The molecule has 152 valence electrons. The summed E-state index contributed by atoms with van der Waals surface area (Å²) >= 11 is 0. The van der Waals surface area contributed by atoms with E-state index in [2.05, 4.69) is 22.3 Å². The number of morpholine rings is 1. The Labute approximate surface area is 166 Å². The Morgan fingerprint density at radius 3 is 2.71 bits per heavy atom. The number of nitrogens with one attached hydrogen (secondary N) is 1. The van der Waals surface area contributed by atoms with Gasteiger partial charge in [-0.25, -0.2) is 4.79 Å². The molecule has 2 saturated heterocycles. The molecule has 3 aliphatic rings. The molecule has 0 bridgehead atoms. The van der Waals surface area contributed by atoms with Crippen molar-refractivity contribution in [2.75, 3.05) is 53.4 Å². The maximum absolute atomic E-state index is 13.5. The Bertz CT molecular complexity index is 722. The predicted molar refractivity (Wildman–Crippen MR) is 106 cm³/mol. The summed E-state index contributed by atoms with van der Waals surface area (Å²) in [7, 11) is 4.01. The molecule has 0 radical (unpaired) electrons. The summed E-state index contributed by atoms with van der Waals surface area (Å²) in [5.74, 6) is -0.0768. The molecule has 2 aliphatic heterocycles. The maximum Gasteiger partial charge on any atom is 0.317 e. The van der Waals surface area contributed by atoms with Crippen molar-refractivity contribution < 1.29 is 14.3 Å². The molecule has 1 aliphatic carbocycles. The lowest BCUT2D eigenvalue weighted by atomic mass is 9.83. The van der Waals surface area contributed by atoms with Gasteiger partial charge in [-0.3, -0.25) is 4.79 Å². The average Bonchev–Trinajstić information content (AvgIpc) is 3.48. The van der Waals surface area contributed by atoms with Gasteiger partial charge in [-0.15, -0.1) is 0 Å². The van der Waals surface area contributed by atoms with Gasteiger partial charge in [0, 0.05) is 38.1 Å². The third-order valence-corrected chi connectivity index (χ3v) is 5.97. The van der Waals surface area contributed by atoms with Crippen LogP contribution in [0.4, 0.5) is 4.79 Å². The SMILES string of the molecule is CN(C)CCN1C[C@H](c2ccccc2)[C@]2(CN(C(=O)NC3CC3)CCO2)C1=O. The van der Waals surface area contributed by atoms with E-state index in [-0.39, 0.29) is 17.9 Å². The Morgan fingerprint density at radius 2 is 2.04 bits per heavy atom. The molecule has 1 aromatic carbocycles. The van der Waals surface area contributed by atoms with Gasteiger partial charge in [0.1, 0.15) is 0 Å². The van der Waals surface area contributed by atoms with Gasteiger partial charge in [0.15, 0.2) is 5.60 Å². The van der Waals surface area contributed by atoms with Gasteiger partial charge in [-0.05, 0) is 32.5 Å². The monoisotopic (exact) mass is 386 g/mol. The molecular formula is C21H30N4O3. The fourth-order valence-electron chi connectivity index (χ4n) is 4.19. The number of nitrogens with zero attached hydrogens (tertiary/aromatic N) is 3. The zero-order chi connectivity index (χ0) is 19.7. The molecule has 4 rings (SSSR count). The fraction of sp³-hybridized carbons (Fsp3) is 0.619. The molecule has 28 heavy (non-hydrogen) atoms. The normalized spacial score (nSPS) is 27.7. The quantitative estimate of drug-likeness (QED) is 0.824. The minimum absolute atomic E-state index is 0.00660. The summed E-state index contributed by atoms with van der Waals surface area (Å²) in [4.78, 5) is 31.9. The van der Waals surface area contributed by atoms with Crippen LogP contribution in [0.15, 0.2) is 30.3 Å². The first-order valence-corrected chi connectivity index (χ1v) is 10.2. The summed E-state index contributed by atoms with van der Waals surface area (Å²) in [6.07, 6.45) is 2.09. The highest BCUT2D eigenvalue weighted by Crippen LogP contribution is 2.42. The van der Waals surface area contributed by atoms with Crippen LogP contribution < -0.4 is 5.32 Å². The van der Waals surface area contributed by atoms with Gasteiger partial charge in [0.05, 0.1) is 13.2 Å². The Balaban J connectivity index is 1.59.